The third-order valence-corrected chi connectivity index (χ3v) is 5.09. The molecule has 1 atom stereocenters. The van der Waals surface area contributed by atoms with Gasteiger partial charge in [0.25, 0.3) is 5.91 Å². The Morgan fingerprint density at radius 3 is 2.68 bits per heavy atom. The number of fused-ring (bicyclic) bond motifs is 1. The Morgan fingerprint density at radius 1 is 1.08 bits per heavy atom. The molecule has 1 aromatic carbocycles. The number of aromatic amines is 1. The van der Waals surface area contributed by atoms with E-state index in [0.29, 0.717) is 0 Å². The molecule has 3 heterocycles. The van der Waals surface area contributed by atoms with Gasteiger partial charge in [0.1, 0.15) is 0 Å². The summed E-state index contributed by atoms with van der Waals surface area (Å²) in [4.78, 5) is 24.9. The smallest absolute Gasteiger partial charge is 0.254 e. The maximum absolute atomic E-state index is 12.9. The van der Waals surface area contributed by atoms with Crippen LogP contribution in [0.4, 0.5) is 0 Å². The lowest BCUT2D eigenvalue weighted by atomic mass is 10.1. The van der Waals surface area contributed by atoms with Gasteiger partial charge in [0.15, 0.2) is 0 Å². The van der Waals surface area contributed by atoms with Crippen LogP contribution in [0, 0.1) is 0 Å². The first-order valence-corrected chi connectivity index (χ1v) is 8.74. The second kappa shape index (κ2) is 6.69. The Bertz CT molecular complexity index is 866. The first kappa shape index (κ1) is 15.8. The summed E-state index contributed by atoms with van der Waals surface area (Å²) in [5.74, 6) is 0.121. The van der Waals surface area contributed by atoms with Gasteiger partial charge in [0, 0.05) is 61.1 Å². The molecule has 4 rings (SSSR count). The zero-order valence-corrected chi connectivity index (χ0v) is 14.4. The number of nitrogens with zero attached hydrogens (tertiary/aromatic N) is 3. The predicted octanol–water partition coefficient (Wildman–Crippen LogP) is 3.08. The Hall–Kier alpha value is -2.66. The standard InChI is InChI=1S/C20H22N4O/c1-15(18-6-2-3-9-21-18)23-11-13-24(14-12-23)20(25)17-5-4-7-19-16(17)8-10-22-19/h2-10,15,22H,11-14H2,1H3/t15-/m0/s1. The number of carbonyl (C=O) groups is 1. The van der Waals surface area contributed by atoms with Crippen LogP contribution in [0.5, 0.6) is 0 Å². The zero-order chi connectivity index (χ0) is 17.2. The van der Waals surface area contributed by atoms with Crippen LogP contribution in [0.15, 0.2) is 54.9 Å². The number of hydrogen-bond acceptors (Lipinski definition) is 3. The molecule has 1 aliphatic heterocycles. The largest absolute Gasteiger partial charge is 0.361 e. The van der Waals surface area contributed by atoms with Crippen molar-refractivity contribution in [3.05, 3.63) is 66.1 Å². The van der Waals surface area contributed by atoms with Gasteiger partial charge in [0.2, 0.25) is 0 Å². The van der Waals surface area contributed by atoms with Crippen LogP contribution < -0.4 is 0 Å². The van der Waals surface area contributed by atoms with E-state index in [2.05, 4.69) is 27.9 Å². The minimum atomic E-state index is 0.121. The molecule has 25 heavy (non-hydrogen) atoms. The van der Waals surface area contributed by atoms with Crippen LogP contribution in [0.3, 0.4) is 0 Å². The monoisotopic (exact) mass is 334 g/mol. The Kier molecular flexibility index (Phi) is 4.24. The molecule has 5 heteroatoms. The third-order valence-electron chi connectivity index (χ3n) is 5.09. The molecule has 1 amide bonds. The number of aromatic nitrogens is 2. The van der Waals surface area contributed by atoms with Crippen molar-refractivity contribution in [2.24, 2.45) is 0 Å². The molecular weight excluding hydrogens is 312 g/mol. The minimum Gasteiger partial charge on any atom is -0.361 e. The number of carbonyl (C=O) groups excluding carboxylic acids is 1. The van der Waals surface area contributed by atoms with E-state index in [1.807, 2.05) is 53.7 Å². The van der Waals surface area contributed by atoms with Crippen molar-refractivity contribution in [2.45, 2.75) is 13.0 Å². The van der Waals surface area contributed by atoms with E-state index < -0.39 is 0 Å². The molecule has 1 aliphatic rings. The lowest BCUT2D eigenvalue weighted by Gasteiger charge is -2.38. The van der Waals surface area contributed by atoms with E-state index >= 15 is 0 Å². The molecule has 0 bridgehead atoms. The van der Waals surface area contributed by atoms with Crippen LogP contribution in [-0.4, -0.2) is 51.9 Å². The van der Waals surface area contributed by atoms with Crippen molar-refractivity contribution in [1.82, 2.24) is 19.8 Å². The van der Waals surface area contributed by atoms with Crippen LogP contribution in [-0.2, 0) is 0 Å². The summed E-state index contributed by atoms with van der Waals surface area (Å²) < 4.78 is 0. The summed E-state index contributed by atoms with van der Waals surface area (Å²) in [5, 5.41) is 0.997. The van der Waals surface area contributed by atoms with Crippen LogP contribution in [0.25, 0.3) is 10.9 Å². The second-order valence-corrected chi connectivity index (χ2v) is 6.50. The van der Waals surface area contributed by atoms with Crippen LogP contribution >= 0.6 is 0 Å². The van der Waals surface area contributed by atoms with Crippen molar-refractivity contribution in [1.29, 1.82) is 0 Å². The highest BCUT2D eigenvalue weighted by molar-refractivity contribution is 6.06. The first-order valence-electron chi connectivity index (χ1n) is 8.74. The molecule has 1 saturated heterocycles. The van der Waals surface area contributed by atoms with Crippen molar-refractivity contribution in [2.75, 3.05) is 26.2 Å². The van der Waals surface area contributed by atoms with Gasteiger partial charge in [-0.15, -0.1) is 0 Å². The summed E-state index contributed by atoms with van der Waals surface area (Å²) in [7, 11) is 0. The Morgan fingerprint density at radius 2 is 1.92 bits per heavy atom. The SMILES string of the molecule is C[C@@H](c1ccccn1)N1CCN(C(=O)c2cccc3[nH]ccc23)CC1. The number of pyridine rings is 1. The first-order chi connectivity index (χ1) is 12.2. The topological polar surface area (TPSA) is 52.2 Å². The third kappa shape index (κ3) is 3.03. The average Bonchev–Trinajstić information content (AvgIpc) is 3.16. The summed E-state index contributed by atoms with van der Waals surface area (Å²) >= 11 is 0. The molecule has 0 unspecified atom stereocenters. The van der Waals surface area contributed by atoms with E-state index in [-0.39, 0.29) is 11.9 Å². The van der Waals surface area contributed by atoms with E-state index in [0.717, 1.165) is 48.3 Å². The van der Waals surface area contributed by atoms with Gasteiger partial charge in [-0.2, -0.15) is 0 Å². The van der Waals surface area contributed by atoms with E-state index in [4.69, 9.17) is 0 Å². The quantitative estimate of drug-likeness (QED) is 0.801. The molecule has 128 valence electrons. The molecule has 0 spiro atoms. The number of rotatable bonds is 3. The number of nitrogens with one attached hydrogen (secondary N) is 1. The van der Waals surface area contributed by atoms with E-state index in [1.54, 1.807) is 0 Å². The molecule has 5 nitrogen and oxygen atoms in total. The summed E-state index contributed by atoms with van der Waals surface area (Å²) in [5.41, 5.74) is 2.87. The number of hydrogen-bond donors (Lipinski definition) is 1. The van der Waals surface area contributed by atoms with Crippen molar-refractivity contribution in [3.63, 3.8) is 0 Å². The molecule has 0 radical (unpaired) electrons. The van der Waals surface area contributed by atoms with Crippen molar-refractivity contribution in [3.8, 4) is 0 Å². The fourth-order valence-corrected chi connectivity index (χ4v) is 3.56. The van der Waals surface area contributed by atoms with Gasteiger partial charge in [-0.3, -0.25) is 14.7 Å². The van der Waals surface area contributed by atoms with Gasteiger partial charge in [-0.1, -0.05) is 12.1 Å². The fourth-order valence-electron chi connectivity index (χ4n) is 3.56. The minimum absolute atomic E-state index is 0.121. The predicted molar refractivity (Wildman–Crippen MR) is 98.4 cm³/mol. The van der Waals surface area contributed by atoms with Gasteiger partial charge in [-0.25, -0.2) is 0 Å². The normalized spacial score (nSPS) is 16.9. The van der Waals surface area contributed by atoms with Crippen LogP contribution in [0.1, 0.15) is 29.0 Å². The van der Waals surface area contributed by atoms with Gasteiger partial charge >= 0.3 is 0 Å². The number of H-pyrrole nitrogens is 1. The Labute approximate surface area is 147 Å². The highest BCUT2D eigenvalue weighted by Crippen LogP contribution is 2.22. The summed E-state index contributed by atoms with van der Waals surface area (Å²) in [6, 6.07) is 14.1. The van der Waals surface area contributed by atoms with Gasteiger partial charge < -0.3 is 9.88 Å². The van der Waals surface area contributed by atoms with E-state index in [1.165, 1.54) is 0 Å². The van der Waals surface area contributed by atoms with Gasteiger partial charge in [-0.05, 0) is 37.3 Å². The lowest BCUT2D eigenvalue weighted by Crippen LogP contribution is -2.49. The summed E-state index contributed by atoms with van der Waals surface area (Å²) in [6.45, 7) is 5.41. The molecule has 1 N–H and O–H groups in total. The highest BCUT2D eigenvalue weighted by Gasteiger charge is 2.26. The molecule has 0 saturated carbocycles. The highest BCUT2D eigenvalue weighted by atomic mass is 16.2. The zero-order valence-electron chi connectivity index (χ0n) is 14.4. The van der Waals surface area contributed by atoms with Crippen molar-refractivity contribution >= 4 is 16.8 Å². The molecule has 1 fully saturated rings. The number of benzene rings is 1. The summed E-state index contributed by atoms with van der Waals surface area (Å²) in [6.07, 6.45) is 3.72. The molecule has 0 aliphatic carbocycles. The molecule has 2 aromatic heterocycles. The van der Waals surface area contributed by atoms with Crippen molar-refractivity contribution < 1.29 is 4.79 Å². The molecular formula is C20H22N4O. The fraction of sp³-hybridized carbons (Fsp3) is 0.300. The lowest BCUT2D eigenvalue weighted by molar-refractivity contribution is 0.0581. The average molecular weight is 334 g/mol. The maximum atomic E-state index is 12.9. The number of amides is 1. The molecule has 3 aromatic rings. The van der Waals surface area contributed by atoms with E-state index in [9.17, 15) is 4.79 Å². The second-order valence-electron chi connectivity index (χ2n) is 6.50. The number of piperazine rings is 1. The Balaban J connectivity index is 1.45. The van der Waals surface area contributed by atoms with Crippen LogP contribution in [0.2, 0.25) is 0 Å². The maximum Gasteiger partial charge on any atom is 0.254 e. The van der Waals surface area contributed by atoms with Gasteiger partial charge in [0.05, 0.1) is 5.69 Å².